The van der Waals surface area contributed by atoms with Gasteiger partial charge in [-0.25, -0.2) is 0 Å². The van der Waals surface area contributed by atoms with Crippen molar-refractivity contribution in [3.8, 4) is 0 Å². The molecule has 0 aromatic carbocycles. The Bertz CT molecular complexity index is 308. The zero-order chi connectivity index (χ0) is 13.8. The number of nitrogens with one attached hydrogen (secondary N) is 1. The second-order valence-electron chi connectivity index (χ2n) is 6.59. The van der Waals surface area contributed by atoms with E-state index in [2.05, 4.69) is 24.2 Å². The van der Waals surface area contributed by atoms with E-state index in [4.69, 9.17) is 5.73 Å². The van der Waals surface area contributed by atoms with Crippen LogP contribution in [0.4, 0.5) is 0 Å². The molecule has 1 saturated carbocycles. The fourth-order valence-electron chi connectivity index (χ4n) is 3.55. The van der Waals surface area contributed by atoms with Crippen LogP contribution in [0.3, 0.4) is 0 Å². The van der Waals surface area contributed by atoms with Crippen molar-refractivity contribution in [1.82, 2.24) is 10.2 Å². The highest BCUT2D eigenvalue weighted by atomic mass is 16.1. The summed E-state index contributed by atoms with van der Waals surface area (Å²) >= 11 is 0. The van der Waals surface area contributed by atoms with Gasteiger partial charge in [-0.15, -0.1) is 0 Å². The number of rotatable bonds is 3. The maximum atomic E-state index is 12.4. The van der Waals surface area contributed by atoms with Gasteiger partial charge in [0.2, 0.25) is 5.91 Å². The van der Waals surface area contributed by atoms with Crippen LogP contribution >= 0.6 is 0 Å². The average molecular weight is 267 g/mol. The van der Waals surface area contributed by atoms with Crippen molar-refractivity contribution in [3.05, 3.63) is 0 Å². The molecule has 0 radical (unpaired) electrons. The first-order chi connectivity index (χ1) is 9.06. The molecule has 2 aliphatic rings. The van der Waals surface area contributed by atoms with Gasteiger partial charge in [-0.3, -0.25) is 4.79 Å². The molecule has 1 aliphatic carbocycles. The van der Waals surface area contributed by atoms with Crippen molar-refractivity contribution in [3.63, 3.8) is 0 Å². The SMILES string of the molecule is CC(C(=O)NC1CCCN(C)C1)C1CCCC(N)C1. The Morgan fingerprint density at radius 1 is 1.32 bits per heavy atom. The monoisotopic (exact) mass is 267 g/mol. The van der Waals surface area contributed by atoms with Crippen molar-refractivity contribution >= 4 is 5.91 Å². The standard InChI is InChI=1S/C15H29N3O/c1-11(12-5-3-6-13(16)9-12)15(19)17-14-7-4-8-18(2)10-14/h11-14H,3-10,16H2,1-2H3,(H,17,19). The smallest absolute Gasteiger partial charge is 0.223 e. The Balaban J connectivity index is 1.81. The van der Waals surface area contributed by atoms with Crippen LogP contribution in [0.2, 0.25) is 0 Å². The van der Waals surface area contributed by atoms with Crippen molar-refractivity contribution in [2.45, 2.75) is 57.5 Å². The normalized spacial score (nSPS) is 34.8. The number of carbonyl (C=O) groups excluding carboxylic acids is 1. The molecule has 0 bridgehead atoms. The average Bonchev–Trinajstić information content (AvgIpc) is 2.38. The largest absolute Gasteiger partial charge is 0.352 e. The zero-order valence-electron chi connectivity index (χ0n) is 12.4. The van der Waals surface area contributed by atoms with Gasteiger partial charge in [-0.1, -0.05) is 13.3 Å². The van der Waals surface area contributed by atoms with Crippen LogP contribution in [-0.2, 0) is 4.79 Å². The van der Waals surface area contributed by atoms with E-state index in [1.807, 2.05) is 0 Å². The molecule has 0 aromatic rings. The van der Waals surface area contributed by atoms with Gasteiger partial charge in [-0.05, 0) is 51.6 Å². The number of hydrogen-bond donors (Lipinski definition) is 2. The molecule has 1 saturated heterocycles. The molecular weight excluding hydrogens is 238 g/mol. The van der Waals surface area contributed by atoms with E-state index in [1.54, 1.807) is 0 Å². The molecule has 4 nitrogen and oxygen atoms in total. The van der Waals surface area contributed by atoms with E-state index in [0.717, 1.165) is 38.8 Å². The molecule has 19 heavy (non-hydrogen) atoms. The van der Waals surface area contributed by atoms with E-state index in [-0.39, 0.29) is 11.8 Å². The molecular formula is C15H29N3O. The summed E-state index contributed by atoms with van der Waals surface area (Å²) in [4.78, 5) is 14.7. The molecule has 4 atom stereocenters. The summed E-state index contributed by atoms with van der Waals surface area (Å²) in [5.74, 6) is 0.822. The molecule has 2 fully saturated rings. The van der Waals surface area contributed by atoms with Crippen LogP contribution in [0.15, 0.2) is 0 Å². The van der Waals surface area contributed by atoms with Gasteiger partial charge >= 0.3 is 0 Å². The topological polar surface area (TPSA) is 58.4 Å². The highest BCUT2D eigenvalue weighted by Crippen LogP contribution is 2.29. The van der Waals surface area contributed by atoms with Crippen molar-refractivity contribution in [2.24, 2.45) is 17.6 Å². The van der Waals surface area contributed by atoms with Crippen molar-refractivity contribution in [1.29, 1.82) is 0 Å². The van der Waals surface area contributed by atoms with Crippen LogP contribution in [0, 0.1) is 11.8 Å². The van der Waals surface area contributed by atoms with Crippen LogP contribution in [0.25, 0.3) is 0 Å². The summed E-state index contributed by atoms with van der Waals surface area (Å²) < 4.78 is 0. The molecule has 4 heteroatoms. The van der Waals surface area contributed by atoms with Gasteiger partial charge < -0.3 is 16.0 Å². The lowest BCUT2D eigenvalue weighted by molar-refractivity contribution is -0.127. The number of likely N-dealkylation sites (tertiary alicyclic amines) is 1. The Hall–Kier alpha value is -0.610. The number of piperidine rings is 1. The minimum Gasteiger partial charge on any atom is -0.352 e. The van der Waals surface area contributed by atoms with Gasteiger partial charge in [-0.2, -0.15) is 0 Å². The summed E-state index contributed by atoms with van der Waals surface area (Å²) in [6.07, 6.45) is 6.77. The van der Waals surface area contributed by atoms with Crippen LogP contribution in [0.1, 0.15) is 45.4 Å². The van der Waals surface area contributed by atoms with Crippen molar-refractivity contribution in [2.75, 3.05) is 20.1 Å². The predicted molar refractivity (Wildman–Crippen MR) is 77.8 cm³/mol. The summed E-state index contributed by atoms with van der Waals surface area (Å²) in [5, 5.41) is 3.24. The zero-order valence-corrected chi connectivity index (χ0v) is 12.4. The first-order valence-electron chi connectivity index (χ1n) is 7.80. The fourth-order valence-corrected chi connectivity index (χ4v) is 3.55. The van der Waals surface area contributed by atoms with E-state index in [1.165, 1.54) is 12.8 Å². The Morgan fingerprint density at radius 3 is 2.79 bits per heavy atom. The second-order valence-corrected chi connectivity index (χ2v) is 6.59. The van der Waals surface area contributed by atoms with E-state index in [0.29, 0.717) is 18.0 Å². The van der Waals surface area contributed by atoms with Crippen LogP contribution in [0.5, 0.6) is 0 Å². The number of carbonyl (C=O) groups is 1. The van der Waals surface area contributed by atoms with E-state index in [9.17, 15) is 4.79 Å². The quantitative estimate of drug-likeness (QED) is 0.811. The van der Waals surface area contributed by atoms with Crippen molar-refractivity contribution < 1.29 is 4.79 Å². The Labute approximate surface area is 117 Å². The number of nitrogens with zero attached hydrogens (tertiary/aromatic N) is 1. The van der Waals surface area contributed by atoms with Gasteiger partial charge in [0.05, 0.1) is 0 Å². The maximum absolute atomic E-state index is 12.4. The third-order valence-corrected chi connectivity index (χ3v) is 4.85. The van der Waals surface area contributed by atoms with Gasteiger partial charge in [0.25, 0.3) is 0 Å². The molecule has 2 rings (SSSR count). The molecule has 4 unspecified atom stereocenters. The second kappa shape index (κ2) is 6.71. The predicted octanol–water partition coefficient (Wildman–Crippen LogP) is 1.35. The lowest BCUT2D eigenvalue weighted by atomic mass is 9.78. The molecule has 1 amide bonds. The highest BCUT2D eigenvalue weighted by Gasteiger charge is 2.30. The van der Waals surface area contributed by atoms with Gasteiger partial charge in [0.15, 0.2) is 0 Å². The minimum atomic E-state index is 0.110. The lowest BCUT2D eigenvalue weighted by Crippen LogP contribution is -2.49. The third kappa shape index (κ3) is 4.18. The number of amides is 1. The summed E-state index contributed by atoms with van der Waals surface area (Å²) in [6.45, 7) is 4.21. The number of nitrogens with two attached hydrogens (primary N) is 1. The molecule has 1 heterocycles. The van der Waals surface area contributed by atoms with Crippen LogP contribution in [-0.4, -0.2) is 43.0 Å². The van der Waals surface area contributed by atoms with Gasteiger partial charge in [0.1, 0.15) is 0 Å². The van der Waals surface area contributed by atoms with E-state index >= 15 is 0 Å². The number of hydrogen-bond acceptors (Lipinski definition) is 3. The summed E-state index contributed by atoms with van der Waals surface area (Å²) in [6, 6.07) is 0.640. The molecule has 0 spiro atoms. The minimum absolute atomic E-state index is 0.110. The fraction of sp³-hybridized carbons (Fsp3) is 0.933. The molecule has 110 valence electrons. The van der Waals surface area contributed by atoms with Crippen LogP contribution < -0.4 is 11.1 Å². The first-order valence-corrected chi connectivity index (χ1v) is 7.80. The highest BCUT2D eigenvalue weighted by molar-refractivity contribution is 5.79. The summed E-state index contributed by atoms with van der Waals surface area (Å²) in [7, 11) is 2.13. The Morgan fingerprint density at radius 2 is 2.11 bits per heavy atom. The molecule has 1 aliphatic heterocycles. The lowest BCUT2D eigenvalue weighted by Gasteiger charge is -2.34. The molecule has 0 aromatic heterocycles. The first kappa shape index (κ1) is 14.8. The third-order valence-electron chi connectivity index (χ3n) is 4.85. The van der Waals surface area contributed by atoms with Gasteiger partial charge in [0, 0.05) is 24.5 Å². The maximum Gasteiger partial charge on any atom is 0.223 e. The Kier molecular flexibility index (Phi) is 5.22. The number of likely N-dealkylation sites (N-methyl/N-ethyl adjacent to an activating group) is 1. The molecule has 3 N–H and O–H groups in total. The van der Waals surface area contributed by atoms with E-state index < -0.39 is 0 Å². The summed E-state index contributed by atoms with van der Waals surface area (Å²) in [5.41, 5.74) is 6.03.